The summed E-state index contributed by atoms with van der Waals surface area (Å²) in [7, 11) is 2.09. The molecule has 4 nitrogen and oxygen atoms in total. The van der Waals surface area contributed by atoms with E-state index in [1.54, 1.807) is 0 Å². The number of anilines is 1. The largest absolute Gasteiger partial charge is 0.350 e. The van der Waals surface area contributed by atoms with Crippen molar-refractivity contribution in [3.8, 4) is 0 Å². The highest BCUT2D eigenvalue weighted by Gasteiger charge is 2.22. The van der Waals surface area contributed by atoms with E-state index >= 15 is 0 Å². The van der Waals surface area contributed by atoms with Gasteiger partial charge in [-0.1, -0.05) is 37.3 Å². The molecule has 0 spiro atoms. The van der Waals surface area contributed by atoms with E-state index in [0.29, 0.717) is 6.54 Å². The van der Waals surface area contributed by atoms with Gasteiger partial charge in [0.1, 0.15) is 0 Å². The first-order valence-electron chi connectivity index (χ1n) is 8.87. The molecule has 0 radical (unpaired) electrons. The second kappa shape index (κ2) is 6.28. The lowest BCUT2D eigenvalue weighted by molar-refractivity contribution is 0.210. The first kappa shape index (κ1) is 15.8. The van der Waals surface area contributed by atoms with Crippen LogP contribution in [-0.2, 0) is 26.4 Å². The van der Waals surface area contributed by atoms with Crippen molar-refractivity contribution < 1.29 is 4.79 Å². The Labute approximate surface area is 148 Å². The Hall–Kier alpha value is -2.75. The maximum absolute atomic E-state index is 12.9. The van der Waals surface area contributed by atoms with E-state index in [1.165, 1.54) is 22.0 Å². The van der Waals surface area contributed by atoms with Gasteiger partial charge in [0, 0.05) is 42.9 Å². The van der Waals surface area contributed by atoms with Crippen LogP contribution in [0.15, 0.2) is 48.7 Å². The van der Waals surface area contributed by atoms with Crippen molar-refractivity contribution in [2.45, 2.75) is 26.3 Å². The van der Waals surface area contributed by atoms with Crippen LogP contribution in [0.1, 0.15) is 23.6 Å². The van der Waals surface area contributed by atoms with Gasteiger partial charge in [-0.25, -0.2) is 4.79 Å². The number of amides is 2. The third-order valence-electron chi connectivity index (χ3n) is 5.12. The van der Waals surface area contributed by atoms with Crippen LogP contribution >= 0.6 is 0 Å². The first-order chi connectivity index (χ1) is 12.2. The number of nitrogens with zero attached hydrogens (tertiary/aromatic N) is 2. The van der Waals surface area contributed by atoms with Crippen LogP contribution in [0, 0.1) is 0 Å². The predicted molar refractivity (Wildman–Crippen MR) is 102 cm³/mol. The number of aromatic nitrogens is 1. The summed E-state index contributed by atoms with van der Waals surface area (Å²) in [6.07, 6.45) is 3.99. The molecule has 0 saturated carbocycles. The highest BCUT2D eigenvalue weighted by Crippen LogP contribution is 2.29. The predicted octanol–water partition coefficient (Wildman–Crippen LogP) is 4.33. The van der Waals surface area contributed by atoms with Gasteiger partial charge < -0.3 is 14.8 Å². The minimum atomic E-state index is -0.0209. The molecular formula is C21H23N3O. The molecular weight excluding hydrogens is 310 g/mol. The molecule has 2 heterocycles. The number of hydrogen-bond acceptors (Lipinski definition) is 1. The van der Waals surface area contributed by atoms with Gasteiger partial charge in [0.05, 0.1) is 0 Å². The van der Waals surface area contributed by atoms with Crippen LogP contribution in [-0.4, -0.2) is 22.0 Å². The molecule has 2 amide bonds. The normalized spacial score (nSPS) is 13.8. The molecule has 0 fully saturated rings. The molecule has 25 heavy (non-hydrogen) atoms. The number of carbonyl (C=O) groups excluding carboxylic acids is 1. The summed E-state index contributed by atoms with van der Waals surface area (Å²) >= 11 is 0. The van der Waals surface area contributed by atoms with Crippen LogP contribution in [0.3, 0.4) is 0 Å². The molecule has 0 atom stereocenters. The summed E-state index contributed by atoms with van der Waals surface area (Å²) in [5.41, 5.74) is 5.88. The van der Waals surface area contributed by atoms with Crippen molar-refractivity contribution in [3.63, 3.8) is 0 Å². The third kappa shape index (κ3) is 2.78. The minimum absolute atomic E-state index is 0.0209. The summed E-state index contributed by atoms with van der Waals surface area (Å²) in [6, 6.07) is 14.4. The van der Waals surface area contributed by atoms with Crippen LogP contribution in [0.2, 0.25) is 0 Å². The molecule has 0 saturated heterocycles. The molecule has 128 valence electrons. The van der Waals surface area contributed by atoms with Crippen molar-refractivity contribution in [2.24, 2.45) is 7.05 Å². The zero-order chi connectivity index (χ0) is 17.4. The van der Waals surface area contributed by atoms with Crippen molar-refractivity contribution in [2.75, 3.05) is 11.9 Å². The Balaban J connectivity index is 1.61. The Bertz CT molecular complexity index is 941. The summed E-state index contributed by atoms with van der Waals surface area (Å²) < 4.78 is 2.18. The number of aryl methyl sites for hydroxylation is 2. The molecule has 1 aliphatic rings. The topological polar surface area (TPSA) is 37.3 Å². The van der Waals surface area contributed by atoms with Crippen LogP contribution < -0.4 is 5.32 Å². The summed E-state index contributed by atoms with van der Waals surface area (Å²) in [4.78, 5) is 14.8. The number of benzene rings is 2. The minimum Gasteiger partial charge on any atom is -0.350 e. The van der Waals surface area contributed by atoms with E-state index in [4.69, 9.17) is 0 Å². The van der Waals surface area contributed by atoms with Crippen molar-refractivity contribution in [1.82, 2.24) is 9.47 Å². The summed E-state index contributed by atoms with van der Waals surface area (Å²) in [5, 5.41) is 4.42. The van der Waals surface area contributed by atoms with Gasteiger partial charge in [-0.05, 0) is 41.7 Å². The van der Waals surface area contributed by atoms with Crippen LogP contribution in [0.5, 0.6) is 0 Å². The third-order valence-corrected chi connectivity index (χ3v) is 5.12. The maximum atomic E-state index is 12.9. The van der Waals surface area contributed by atoms with Gasteiger partial charge in [0.25, 0.3) is 0 Å². The van der Waals surface area contributed by atoms with E-state index in [-0.39, 0.29) is 6.03 Å². The molecule has 1 N–H and O–H groups in total. The van der Waals surface area contributed by atoms with E-state index in [1.807, 2.05) is 23.1 Å². The SMILES string of the molecule is CCc1ccccc1NC(=O)N1CCc2cn(C)c3cccc(c23)C1. The zero-order valence-corrected chi connectivity index (χ0v) is 14.7. The monoisotopic (exact) mass is 333 g/mol. The van der Waals surface area contributed by atoms with Crippen molar-refractivity contribution in [3.05, 3.63) is 65.4 Å². The van der Waals surface area contributed by atoms with Gasteiger partial charge in [-0.15, -0.1) is 0 Å². The summed E-state index contributed by atoms with van der Waals surface area (Å²) in [6.45, 7) is 3.48. The molecule has 0 aliphatic carbocycles. The second-order valence-electron chi connectivity index (χ2n) is 6.69. The van der Waals surface area contributed by atoms with Crippen molar-refractivity contribution in [1.29, 1.82) is 0 Å². The highest BCUT2D eigenvalue weighted by molar-refractivity contribution is 5.92. The van der Waals surface area contributed by atoms with Gasteiger partial charge in [-0.3, -0.25) is 0 Å². The fourth-order valence-electron chi connectivity index (χ4n) is 3.80. The number of carbonyl (C=O) groups is 1. The Morgan fingerprint density at radius 2 is 1.96 bits per heavy atom. The lowest BCUT2D eigenvalue weighted by Gasteiger charge is -2.22. The number of urea groups is 1. The molecule has 1 aromatic heterocycles. The second-order valence-corrected chi connectivity index (χ2v) is 6.69. The number of rotatable bonds is 2. The Morgan fingerprint density at radius 1 is 1.12 bits per heavy atom. The van der Waals surface area contributed by atoms with Crippen molar-refractivity contribution >= 4 is 22.6 Å². The van der Waals surface area contributed by atoms with Gasteiger partial charge >= 0.3 is 6.03 Å². The average molecular weight is 333 g/mol. The van der Waals surface area contributed by atoms with Crippen LogP contribution in [0.4, 0.5) is 10.5 Å². The standard InChI is InChI=1S/C21H23N3O/c1-3-15-7-4-5-9-18(15)22-21(25)24-12-11-17-13-23(2)19-10-6-8-16(14-24)20(17)19/h4-10,13H,3,11-12,14H2,1-2H3,(H,22,25). The Kier molecular flexibility index (Phi) is 3.96. The van der Waals surface area contributed by atoms with Gasteiger partial charge in [-0.2, -0.15) is 0 Å². The van der Waals surface area contributed by atoms with E-state index < -0.39 is 0 Å². The molecule has 2 aromatic carbocycles. The lowest BCUT2D eigenvalue weighted by Crippen LogP contribution is -2.35. The molecule has 3 aromatic rings. The average Bonchev–Trinajstić information content (AvgIpc) is 2.84. The highest BCUT2D eigenvalue weighted by atomic mass is 16.2. The lowest BCUT2D eigenvalue weighted by atomic mass is 10.1. The Morgan fingerprint density at radius 3 is 2.80 bits per heavy atom. The number of para-hydroxylation sites is 1. The van der Waals surface area contributed by atoms with Crippen LogP contribution in [0.25, 0.3) is 10.9 Å². The smallest absolute Gasteiger partial charge is 0.322 e. The van der Waals surface area contributed by atoms with Gasteiger partial charge in [0.2, 0.25) is 0 Å². The molecule has 0 unspecified atom stereocenters. The summed E-state index contributed by atoms with van der Waals surface area (Å²) in [5.74, 6) is 0. The maximum Gasteiger partial charge on any atom is 0.322 e. The molecule has 1 aliphatic heterocycles. The molecule has 0 bridgehead atoms. The number of nitrogens with one attached hydrogen (secondary N) is 1. The number of hydrogen-bond donors (Lipinski definition) is 1. The molecule has 4 rings (SSSR count). The quantitative estimate of drug-likeness (QED) is 0.744. The fraction of sp³-hybridized carbons (Fsp3) is 0.286. The first-order valence-corrected chi connectivity index (χ1v) is 8.87. The molecule has 4 heteroatoms. The van der Waals surface area contributed by atoms with Gasteiger partial charge in [0.15, 0.2) is 0 Å². The van der Waals surface area contributed by atoms with E-state index in [0.717, 1.165) is 30.6 Å². The fourth-order valence-corrected chi connectivity index (χ4v) is 3.80. The van der Waals surface area contributed by atoms with E-state index in [9.17, 15) is 4.79 Å². The van der Waals surface area contributed by atoms with E-state index in [2.05, 4.69) is 54.3 Å². The zero-order valence-electron chi connectivity index (χ0n) is 14.7.